The van der Waals surface area contributed by atoms with Gasteiger partial charge in [0.1, 0.15) is 5.75 Å². The number of nitrogens with zero attached hydrogens (tertiary/aromatic N) is 2. The smallest absolute Gasteiger partial charge is 0.387 e. The summed E-state index contributed by atoms with van der Waals surface area (Å²) in [5, 5.41) is 10.4. The summed E-state index contributed by atoms with van der Waals surface area (Å²) >= 11 is 1.12. The van der Waals surface area contributed by atoms with Gasteiger partial charge < -0.3 is 14.5 Å². The van der Waals surface area contributed by atoms with Crippen molar-refractivity contribution < 1.29 is 22.7 Å². The van der Waals surface area contributed by atoms with E-state index in [1.165, 1.54) is 24.3 Å². The molecule has 0 spiro atoms. The molecule has 9 heteroatoms. The number of nitrogens with one attached hydrogen (secondary N) is 1. The zero-order chi connectivity index (χ0) is 20.1. The molecule has 0 aliphatic heterocycles. The normalized spacial score (nSPS) is 12.0. The summed E-state index contributed by atoms with van der Waals surface area (Å²) < 4.78 is 34.2. The average Bonchev–Trinajstić information content (AvgIpc) is 3.12. The van der Waals surface area contributed by atoms with Crippen LogP contribution in [-0.2, 0) is 4.79 Å². The molecule has 28 heavy (non-hydrogen) atoms. The first-order chi connectivity index (χ1) is 13.4. The van der Waals surface area contributed by atoms with Crippen LogP contribution < -0.4 is 10.1 Å². The predicted octanol–water partition coefficient (Wildman–Crippen LogP) is 4.77. The molecule has 1 atom stereocenters. The molecule has 3 aromatic rings. The van der Waals surface area contributed by atoms with E-state index >= 15 is 0 Å². The largest absolute Gasteiger partial charge is 0.435 e. The first-order valence-electron chi connectivity index (χ1n) is 8.33. The molecule has 1 aromatic heterocycles. The summed E-state index contributed by atoms with van der Waals surface area (Å²) in [6, 6.07) is 13.3. The summed E-state index contributed by atoms with van der Waals surface area (Å²) in [5.74, 6) is 0.109. The van der Waals surface area contributed by atoms with Crippen LogP contribution in [0, 0.1) is 6.92 Å². The molecule has 1 amide bonds. The van der Waals surface area contributed by atoms with Crippen LogP contribution in [-0.4, -0.2) is 28.0 Å². The molecule has 2 aromatic carbocycles. The third-order valence-electron chi connectivity index (χ3n) is 3.70. The van der Waals surface area contributed by atoms with Crippen LogP contribution in [0.5, 0.6) is 5.75 Å². The molecule has 0 saturated carbocycles. The van der Waals surface area contributed by atoms with E-state index in [1.807, 2.05) is 31.2 Å². The third-order valence-corrected chi connectivity index (χ3v) is 4.63. The van der Waals surface area contributed by atoms with E-state index in [0.29, 0.717) is 11.6 Å². The Morgan fingerprint density at radius 1 is 1.11 bits per heavy atom. The molecule has 0 fully saturated rings. The Kier molecular flexibility index (Phi) is 6.25. The van der Waals surface area contributed by atoms with Gasteiger partial charge in [-0.25, -0.2) is 0 Å². The molecule has 146 valence electrons. The number of benzene rings is 2. The van der Waals surface area contributed by atoms with E-state index in [4.69, 9.17) is 4.42 Å². The number of aryl methyl sites for hydroxylation is 1. The summed E-state index contributed by atoms with van der Waals surface area (Å²) in [4.78, 5) is 12.3. The van der Waals surface area contributed by atoms with Crippen LogP contribution in [0.4, 0.5) is 14.5 Å². The van der Waals surface area contributed by atoms with Crippen LogP contribution in [0.1, 0.15) is 12.5 Å². The summed E-state index contributed by atoms with van der Waals surface area (Å²) in [6.07, 6.45) is 0. The lowest BCUT2D eigenvalue weighted by Gasteiger charge is -2.10. The highest BCUT2D eigenvalue weighted by atomic mass is 32.2. The van der Waals surface area contributed by atoms with Crippen LogP contribution >= 0.6 is 11.8 Å². The van der Waals surface area contributed by atoms with Crippen molar-refractivity contribution in [2.45, 2.75) is 30.9 Å². The van der Waals surface area contributed by atoms with Gasteiger partial charge in [0.15, 0.2) is 0 Å². The molecule has 0 bridgehead atoms. The minimum Gasteiger partial charge on any atom is -0.435 e. The van der Waals surface area contributed by atoms with Crippen LogP contribution in [0.3, 0.4) is 0 Å². The quantitative estimate of drug-likeness (QED) is 0.571. The standard InChI is InChI=1S/C19H17F2N3O3S/c1-11-3-5-13(6-4-11)17-23-24-19(27-17)28-12(2)16(25)22-14-7-9-15(10-8-14)26-18(20)21/h3-10,12,18H,1-2H3,(H,22,25). The molecule has 1 unspecified atom stereocenters. The van der Waals surface area contributed by atoms with E-state index < -0.39 is 11.9 Å². The number of halogens is 2. The van der Waals surface area contributed by atoms with Gasteiger partial charge in [-0.15, -0.1) is 10.2 Å². The second-order valence-electron chi connectivity index (χ2n) is 5.89. The third kappa shape index (κ3) is 5.29. The van der Waals surface area contributed by atoms with Gasteiger partial charge in [-0.2, -0.15) is 8.78 Å². The number of carbonyl (C=O) groups excluding carboxylic acids is 1. The number of alkyl halides is 2. The minimum absolute atomic E-state index is 0.0184. The van der Waals surface area contributed by atoms with Crippen molar-refractivity contribution in [1.29, 1.82) is 0 Å². The van der Waals surface area contributed by atoms with Gasteiger partial charge in [-0.1, -0.05) is 29.5 Å². The topological polar surface area (TPSA) is 77.2 Å². The van der Waals surface area contributed by atoms with Gasteiger partial charge in [-0.3, -0.25) is 4.79 Å². The molecule has 1 N–H and O–H groups in total. The Bertz CT molecular complexity index is 930. The number of hydrogen-bond donors (Lipinski definition) is 1. The first-order valence-corrected chi connectivity index (χ1v) is 9.21. The monoisotopic (exact) mass is 405 g/mol. The number of ether oxygens (including phenoxy) is 1. The molecule has 1 heterocycles. The number of thioether (sulfide) groups is 1. The SMILES string of the molecule is Cc1ccc(-c2nnc(SC(C)C(=O)Nc3ccc(OC(F)F)cc3)o2)cc1. The second kappa shape index (κ2) is 8.83. The summed E-state index contributed by atoms with van der Waals surface area (Å²) in [6.45, 7) is 0.791. The maximum Gasteiger partial charge on any atom is 0.387 e. The molecule has 0 aliphatic rings. The van der Waals surface area contributed by atoms with Gasteiger partial charge >= 0.3 is 6.61 Å². The number of hydrogen-bond acceptors (Lipinski definition) is 6. The van der Waals surface area contributed by atoms with Crippen LogP contribution in [0.25, 0.3) is 11.5 Å². The molecule has 6 nitrogen and oxygen atoms in total. The van der Waals surface area contributed by atoms with E-state index in [9.17, 15) is 13.6 Å². The molecular weight excluding hydrogens is 388 g/mol. The van der Waals surface area contributed by atoms with Crippen molar-refractivity contribution in [3.8, 4) is 17.2 Å². The fraction of sp³-hybridized carbons (Fsp3) is 0.211. The fourth-order valence-corrected chi connectivity index (χ4v) is 2.92. The Labute approximate surface area is 164 Å². The van der Waals surface area contributed by atoms with Crippen LogP contribution in [0.2, 0.25) is 0 Å². The number of amides is 1. The summed E-state index contributed by atoms with van der Waals surface area (Å²) in [7, 11) is 0. The Morgan fingerprint density at radius 2 is 1.79 bits per heavy atom. The lowest BCUT2D eigenvalue weighted by Crippen LogP contribution is -2.22. The number of aromatic nitrogens is 2. The Balaban J connectivity index is 1.57. The van der Waals surface area contributed by atoms with E-state index in [2.05, 4.69) is 20.3 Å². The van der Waals surface area contributed by atoms with Gasteiger partial charge in [0.2, 0.25) is 11.8 Å². The van der Waals surface area contributed by atoms with E-state index in [0.717, 1.165) is 22.9 Å². The number of anilines is 1. The summed E-state index contributed by atoms with van der Waals surface area (Å²) in [5.41, 5.74) is 2.38. The van der Waals surface area contributed by atoms with Crippen LogP contribution in [0.15, 0.2) is 58.2 Å². The van der Waals surface area contributed by atoms with Crippen molar-refractivity contribution in [3.05, 3.63) is 54.1 Å². The average molecular weight is 405 g/mol. The second-order valence-corrected chi connectivity index (χ2v) is 7.18. The molecule has 0 aliphatic carbocycles. The van der Waals surface area contributed by atoms with Gasteiger partial charge in [-0.05, 0) is 50.2 Å². The highest BCUT2D eigenvalue weighted by Crippen LogP contribution is 2.27. The van der Waals surface area contributed by atoms with Gasteiger partial charge in [0, 0.05) is 11.3 Å². The number of rotatable bonds is 7. The number of carbonyl (C=O) groups is 1. The fourth-order valence-electron chi connectivity index (χ4n) is 2.24. The minimum atomic E-state index is -2.89. The lowest BCUT2D eigenvalue weighted by molar-refractivity contribution is -0.115. The molecule has 3 rings (SSSR count). The van der Waals surface area contributed by atoms with E-state index in [1.54, 1.807) is 6.92 Å². The molecular formula is C19H17F2N3O3S. The highest BCUT2D eigenvalue weighted by Gasteiger charge is 2.19. The zero-order valence-electron chi connectivity index (χ0n) is 15.1. The Hall–Kier alpha value is -2.94. The van der Waals surface area contributed by atoms with Crippen molar-refractivity contribution >= 4 is 23.4 Å². The zero-order valence-corrected chi connectivity index (χ0v) is 15.9. The van der Waals surface area contributed by atoms with Crippen molar-refractivity contribution in [2.24, 2.45) is 0 Å². The maximum absolute atomic E-state index is 12.3. The predicted molar refractivity (Wildman–Crippen MR) is 101 cm³/mol. The first kappa shape index (κ1) is 19.8. The molecule has 0 saturated heterocycles. The van der Waals surface area contributed by atoms with Crippen molar-refractivity contribution in [2.75, 3.05) is 5.32 Å². The lowest BCUT2D eigenvalue weighted by atomic mass is 10.1. The van der Waals surface area contributed by atoms with Crippen molar-refractivity contribution in [3.63, 3.8) is 0 Å². The highest BCUT2D eigenvalue weighted by molar-refractivity contribution is 8.00. The van der Waals surface area contributed by atoms with Crippen molar-refractivity contribution in [1.82, 2.24) is 10.2 Å². The molecule has 0 radical (unpaired) electrons. The van der Waals surface area contributed by atoms with Gasteiger partial charge in [0.25, 0.3) is 5.22 Å². The Morgan fingerprint density at radius 3 is 2.43 bits per heavy atom. The van der Waals surface area contributed by atoms with Gasteiger partial charge in [0.05, 0.1) is 5.25 Å². The van der Waals surface area contributed by atoms with E-state index in [-0.39, 0.29) is 16.9 Å². The maximum atomic E-state index is 12.3.